The SMILES string of the molecule is CN(CC1CCCO1)c1cnc2ccccc2n1. The van der Waals surface area contributed by atoms with E-state index in [9.17, 15) is 0 Å². The van der Waals surface area contributed by atoms with Crippen LogP contribution in [0.3, 0.4) is 0 Å². The normalized spacial score (nSPS) is 19.3. The minimum Gasteiger partial charge on any atom is -0.376 e. The Kier molecular flexibility index (Phi) is 3.11. The van der Waals surface area contributed by atoms with E-state index in [1.54, 1.807) is 0 Å². The Morgan fingerprint density at radius 1 is 1.33 bits per heavy atom. The number of hydrogen-bond donors (Lipinski definition) is 0. The lowest BCUT2D eigenvalue weighted by Gasteiger charge is -2.21. The molecule has 0 radical (unpaired) electrons. The van der Waals surface area contributed by atoms with Crippen molar-refractivity contribution in [2.45, 2.75) is 18.9 Å². The fourth-order valence-electron chi connectivity index (χ4n) is 2.32. The van der Waals surface area contributed by atoms with Crippen LogP contribution < -0.4 is 4.90 Å². The maximum Gasteiger partial charge on any atom is 0.147 e. The third-order valence-electron chi connectivity index (χ3n) is 3.33. The van der Waals surface area contributed by atoms with Gasteiger partial charge in [0.1, 0.15) is 5.82 Å². The van der Waals surface area contributed by atoms with E-state index in [1.165, 1.54) is 6.42 Å². The molecule has 1 aromatic carbocycles. The fraction of sp³-hybridized carbons (Fsp3) is 0.429. The third-order valence-corrected chi connectivity index (χ3v) is 3.33. The molecule has 1 aromatic heterocycles. The van der Waals surface area contributed by atoms with E-state index < -0.39 is 0 Å². The van der Waals surface area contributed by atoms with Gasteiger partial charge in [-0.25, -0.2) is 4.98 Å². The summed E-state index contributed by atoms with van der Waals surface area (Å²) in [6.07, 6.45) is 4.48. The highest BCUT2D eigenvalue weighted by atomic mass is 16.5. The highest BCUT2D eigenvalue weighted by Gasteiger charge is 2.18. The Morgan fingerprint density at radius 3 is 2.94 bits per heavy atom. The molecule has 0 aliphatic carbocycles. The van der Waals surface area contributed by atoms with Crippen LogP contribution in [0.15, 0.2) is 30.5 Å². The topological polar surface area (TPSA) is 38.2 Å². The molecule has 1 aliphatic rings. The predicted molar refractivity (Wildman–Crippen MR) is 71.8 cm³/mol. The lowest BCUT2D eigenvalue weighted by molar-refractivity contribution is 0.116. The maximum absolute atomic E-state index is 5.64. The third kappa shape index (κ3) is 2.29. The first-order valence-corrected chi connectivity index (χ1v) is 6.37. The van der Waals surface area contributed by atoms with Crippen LogP contribution in [0.25, 0.3) is 11.0 Å². The predicted octanol–water partition coefficient (Wildman–Crippen LogP) is 2.25. The lowest BCUT2D eigenvalue weighted by Crippen LogP contribution is -2.29. The number of nitrogens with zero attached hydrogens (tertiary/aromatic N) is 3. The summed E-state index contributed by atoms with van der Waals surface area (Å²) in [5.41, 5.74) is 1.88. The summed E-state index contributed by atoms with van der Waals surface area (Å²) in [4.78, 5) is 11.2. The highest BCUT2D eigenvalue weighted by molar-refractivity contribution is 5.75. The molecule has 0 bridgehead atoms. The first-order chi connectivity index (χ1) is 8.83. The molecule has 0 amide bonds. The summed E-state index contributed by atoms with van der Waals surface area (Å²) in [6.45, 7) is 1.77. The van der Waals surface area contributed by atoms with Gasteiger partial charge in [-0.1, -0.05) is 12.1 Å². The Bertz CT molecular complexity index is 537. The van der Waals surface area contributed by atoms with Gasteiger partial charge in [0, 0.05) is 20.2 Å². The average Bonchev–Trinajstić information content (AvgIpc) is 2.91. The first kappa shape index (κ1) is 11.4. The molecule has 0 saturated carbocycles. The van der Waals surface area contributed by atoms with Crippen molar-refractivity contribution in [3.05, 3.63) is 30.5 Å². The molecule has 2 heterocycles. The molecule has 4 nitrogen and oxygen atoms in total. The van der Waals surface area contributed by atoms with E-state index >= 15 is 0 Å². The van der Waals surface area contributed by atoms with Gasteiger partial charge in [0.25, 0.3) is 0 Å². The van der Waals surface area contributed by atoms with Crippen molar-refractivity contribution in [2.75, 3.05) is 25.1 Å². The zero-order valence-corrected chi connectivity index (χ0v) is 10.5. The van der Waals surface area contributed by atoms with Crippen LogP contribution in [0.1, 0.15) is 12.8 Å². The molecule has 1 unspecified atom stereocenters. The fourth-order valence-corrected chi connectivity index (χ4v) is 2.32. The first-order valence-electron chi connectivity index (χ1n) is 6.37. The largest absolute Gasteiger partial charge is 0.376 e. The molecule has 1 saturated heterocycles. The minimum atomic E-state index is 0.336. The Hall–Kier alpha value is -1.68. The van der Waals surface area contributed by atoms with Crippen LogP contribution in [0.5, 0.6) is 0 Å². The van der Waals surface area contributed by atoms with Gasteiger partial charge in [-0.05, 0) is 25.0 Å². The van der Waals surface area contributed by atoms with Crippen LogP contribution in [0.4, 0.5) is 5.82 Å². The molecule has 1 aliphatic heterocycles. The van der Waals surface area contributed by atoms with Crippen LogP contribution in [0.2, 0.25) is 0 Å². The minimum absolute atomic E-state index is 0.336. The smallest absolute Gasteiger partial charge is 0.147 e. The summed E-state index contributed by atoms with van der Waals surface area (Å²) in [5, 5.41) is 0. The standard InChI is InChI=1S/C14H17N3O/c1-17(10-11-5-4-8-18-11)14-9-15-12-6-2-3-7-13(12)16-14/h2-3,6-7,9,11H,4-5,8,10H2,1H3. The Labute approximate surface area is 107 Å². The van der Waals surface area contributed by atoms with Gasteiger partial charge in [0.15, 0.2) is 0 Å². The van der Waals surface area contributed by atoms with Gasteiger partial charge in [0.05, 0.1) is 23.3 Å². The Balaban J connectivity index is 1.80. The van der Waals surface area contributed by atoms with Crippen molar-refractivity contribution in [2.24, 2.45) is 0 Å². The van der Waals surface area contributed by atoms with Crippen molar-refractivity contribution in [1.82, 2.24) is 9.97 Å². The van der Waals surface area contributed by atoms with Crippen molar-refractivity contribution >= 4 is 16.9 Å². The summed E-state index contributed by atoms with van der Waals surface area (Å²) < 4.78 is 5.64. The molecule has 1 atom stereocenters. The van der Waals surface area contributed by atoms with E-state index in [-0.39, 0.29) is 0 Å². The monoisotopic (exact) mass is 243 g/mol. The number of benzene rings is 1. The quantitative estimate of drug-likeness (QED) is 0.828. The van der Waals surface area contributed by atoms with Crippen molar-refractivity contribution in [3.63, 3.8) is 0 Å². The maximum atomic E-state index is 5.64. The summed E-state index contributed by atoms with van der Waals surface area (Å²) in [6, 6.07) is 7.94. The number of fused-ring (bicyclic) bond motifs is 1. The molecule has 2 aromatic rings. The van der Waals surface area contributed by atoms with Gasteiger partial charge in [-0.3, -0.25) is 4.98 Å². The summed E-state index contributed by atoms with van der Waals surface area (Å²) >= 11 is 0. The number of anilines is 1. The average molecular weight is 243 g/mol. The number of rotatable bonds is 3. The molecular weight excluding hydrogens is 226 g/mol. The van der Waals surface area contributed by atoms with Crippen molar-refractivity contribution < 1.29 is 4.74 Å². The second-order valence-corrected chi connectivity index (χ2v) is 4.73. The van der Waals surface area contributed by atoms with Gasteiger partial charge in [-0.2, -0.15) is 0 Å². The van der Waals surface area contributed by atoms with E-state index in [0.717, 1.165) is 36.4 Å². The number of likely N-dealkylation sites (N-methyl/N-ethyl adjacent to an activating group) is 1. The number of para-hydroxylation sites is 2. The number of aromatic nitrogens is 2. The van der Waals surface area contributed by atoms with Crippen LogP contribution >= 0.6 is 0 Å². The van der Waals surface area contributed by atoms with Gasteiger partial charge in [0.2, 0.25) is 0 Å². The van der Waals surface area contributed by atoms with E-state index in [0.29, 0.717) is 6.10 Å². The zero-order valence-electron chi connectivity index (χ0n) is 10.5. The molecule has 0 N–H and O–H groups in total. The molecule has 4 heteroatoms. The molecule has 3 rings (SSSR count). The van der Waals surface area contributed by atoms with Crippen LogP contribution in [0, 0.1) is 0 Å². The number of hydrogen-bond acceptors (Lipinski definition) is 4. The van der Waals surface area contributed by atoms with Crippen molar-refractivity contribution in [1.29, 1.82) is 0 Å². The summed E-state index contributed by atoms with van der Waals surface area (Å²) in [5.74, 6) is 0.907. The van der Waals surface area contributed by atoms with E-state index in [1.807, 2.05) is 37.5 Å². The highest BCUT2D eigenvalue weighted by Crippen LogP contribution is 2.17. The Morgan fingerprint density at radius 2 is 2.17 bits per heavy atom. The molecule has 94 valence electrons. The van der Waals surface area contributed by atoms with Gasteiger partial charge < -0.3 is 9.64 Å². The van der Waals surface area contributed by atoms with Crippen LogP contribution in [-0.2, 0) is 4.74 Å². The molecular formula is C14H17N3O. The lowest BCUT2D eigenvalue weighted by atomic mass is 10.2. The van der Waals surface area contributed by atoms with E-state index in [4.69, 9.17) is 4.74 Å². The van der Waals surface area contributed by atoms with Gasteiger partial charge in [-0.15, -0.1) is 0 Å². The van der Waals surface area contributed by atoms with Gasteiger partial charge >= 0.3 is 0 Å². The molecule has 18 heavy (non-hydrogen) atoms. The zero-order chi connectivity index (χ0) is 12.4. The molecule has 0 spiro atoms. The van der Waals surface area contributed by atoms with E-state index in [2.05, 4.69) is 14.9 Å². The second-order valence-electron chi connectivity index (χ2n) is 4.73. The van der Waals surface area contributed by atoms with Crippen molar-refractivity contribution in [3.8, 4) is 0 Å². The number of ether oxygens (including phenoxy) is 1. The molecule has 1 fully saturated rings. The summed E-state index contributed by atoms with van der Waals surface area (Å²) in [7, 11) is 2.04. The second kappa shape index (κ2) is 4.90. The van der Waals surface area contributed by atoms with Crippen LogP contribution in [-0.4, -0.2) is 36.3 Å².